The molecule has 3 rings (SSSR count). The van der Waals surface area contributed by atoms with Crippen molar-refractivity contribution in [3.8, 4) is 0 Å². The van der Waals surface area contributed by atoms with E-state index in [4.69, 9.17) is 23.2 Å². The van der Waals surface area contributed by atoms with Crippen LogP contribution in [0.1, 0.15) is 17.5 Å². The van der Waals surface area contributed by atoms with E-state index in [0.29, 0.717) is 22.2 Å². The molecule has 2 N–H and O–H groups in total. The molecular formula is C19H18Cl2N2O2. The van der Waals surface area contributed by atoms with E-state index < -0.39 is 0 Å². The molecule has 0 radical (unpaired) electrons. The highest BCUT2D eigenvalue weighted by atomic mass is 35.5. The molecule has 0 bridgehead atoms. The van der Waals surface area contributed by atoms with Gasteiger partial charge in [0.2, 0.25) is 11.8 Å². The minimum Gasteiger partial charge on any atom is -0.326 e. The Balaban J connectivity index is 1.60. The predicted octanol–water partition coefficient (Wildman–Crippen LogP) is 4.82. The molecule has 2 atom stereocenters. The number of benzene rings is 2. The lowest BCUT2D eigenvalue weighted by Gasteiger charge is -2.09. The molecule has 6 heteroatoms. The van der Waals surface area contributed by atoms with Crippen LogP contribution in [0.3, 0.4) is 0 Å². The van der Waals surface area contributed by atoms with Crippen LogP contribution in [0.15, 0.2) is 36.4 Å². The first kappa shape index (κ1) is 17.8. The van der Waals surface area contributed by atoms with Crippen molar-refractivity contribution in [2.45, 2.75) is 20.3 Å². The van der Waals surface area contributed by atoms with Crippen molar-refractivity contribution in [2.24, 2.45) is 11.8 Å². The molecule has 2 aromatic carbocycles. The lowest BCUT2D eigenvalue weighted by Crippen LogP contribution is -2.20. The summed E-state index contributed by atoms with van der Waals surface area (Å²) in [5.41, 5.74) is 3.37. The van der Waals surface area contributed by atoms with Crippen LogP contribution in [0.5, 0.6) is 0 Å². The quantitative estimate of drug-likeness (QED) is 0.802. The molecule has 0 saturated heterocycles. The first-order valence-corrected chi connectivity index (χ1v) is 8.75. The first-order valence-electron chi connectivity index (χ1n) is 7.99. The van der Waals surface area contributed by atoms with Crippen LogP contribution in [-0.4, -0.2) is 11.8 Å². The molecule has 1 aliphatic carbocycles. The summed E-state index contributed by atoms with van der Waals surface area (Å²) in [7, 11) is 0. The van der Waals surface area contributed by atoms with Gasteiger partial charge < -0.3 is 10.6 Å². The Morgan fingerprint density at radius 3 is 2.20 bits per heavy atom. The molecule has 0 heterocycles. The zero-order chi connectivity index (χ0) is 18.1. The van der Waals surface area contributed by atoms with Crippen molar-refractivity contribution < 1.29 is 9.59 Å². The molecule has 130 valence electrons. The van der Waals surface area contributed by atoms with Gasteiger partial charge in [0.1, 0.15) is 0 Å². The maximum absolute atomic E-state index is 12.3. The smallest absolute Gasteiger partial charge is 0.228 e. The molecule has 0 aliphatic heterocycles. The Kier molecular flexibility index (Phi) is 5.02. The molecule has 1 saturated carbocycles. The highest BCUT2D eigenvalue weighted by Gasteiger charge is 2.48. The molecule has 2 amide bonds. The van der Waals surface area contributed by atoms with Crippen molar-refractivity contribution >= 4 is 46.4 Å². The highest BCUT2D eigenvalue weighted by molar-refractivity contribution is 6.44. The number of amides is 2. The van der Waals surface area contributed by atoms with Gasteiger partial charge in [-0.05, 0) is 55.7 Å². The Labute approximate surface area is 156 Å². The number of rotatable bonds is 4. The largest absolute Gasteiger partial charge is 0.326 e. The van der Waals surface area contributed by atoms with Gasteiger partial charge in [-0.25, -0.2) is 0 Å². The topological polar surface area (TPSA) is 58.2 Å². The number of halogens is 2. The molecule has 4 nitrogen and oxygen atoms in total. The first-order chi connectivity index (χ1) is 11.8. The molecule has 25 heavy (non-hydrogen) atoms. The highest BCUT2D eigenvalue weighted by Crippen LogP contribution is 2.41. The predicted molar refractivity (Wildman–Crippen MR) is 101 cm³/mol. The van der Waals surface area contributed by atoms with Gasteiger partial charge >= 0.3 is 0 Å². The van der Waals surface area contributed by atoms with Gasteiger partial charge in [-0.3, -0.25) is 9.59 Å². The van der Waals surface area contributed by atoms with E-state index in [9.17, 15) is 9.59 Å². The van der Waals surface area contributed by atoms with Crippen LogP contribution in [0.4, 0.5) is 11.4 Å². The second-order valence-corrected chi connectivity index (χ2v) is 7.19. The van der Waals surface area contributed by atoms with Crippen molar-refractivity contribution in [3.05, 3.63) is 57.6 Å². The van der Waals surface area contributed by atoms with E-state index in [1.165, 1.54) is 0 Å². The molecular weight excluding hydrogens is 359 g/mol. The van der Waals surface area contributed by atoms with Crippen LogP contribution in [-0.2, 0) is 9.59 Å². The Morgan fingerprint density at radius 2 is 1.56 bits per heavy atom. The molecule has 0 aromatic heterocycles. The number of anilines is 2. The Morgan fingerprint density at radius 1 is 0.960 bits per heavy atom. The minimum atomic E-state index is -0.346. The fraction of sp³-hybridized carbons (Fsp3) is 0.263. The van der Waals surface area contributed by atoms with E-state index in [0.717, 1.165) is 16.8 Å². The third-order valence-corrected chi connectivity index (χ3v) is 4.98. The number of carbonyl (C=O) groups excluding carboxylic acids is 2. The third kappa shape index (κ3) is 4.14. The van der Waals surface area contributed by atoms with Gasteiger partial charge in [0, 0.05) is 5.69 Å². The summed E-state index contributed by atoms with van der Waals surface area (Å²) >= 11 is 12.0. The monoisotopic (exact) mass is 376 g/mol. The number of nitrogens with one attached hydrogen (secondary N) is 2. The van der Waals surface area contributed by atoms with Crippen molar-refractivity contribution in [3.63, 3.8) is 0 Å². The van der Waals surface area contributed by atoms with Gasteiger partial charge in [0.05, 0.1) is 27.6 Å². The Hall–Kier alpha value is -2.04. The SMILES string of the molecule is Cc1cc(C)cc(NC(=O)C2CC2C(=O)Nc2cccc(Cl)c2Cl)c1. The van der Waals surface area contributed by atoms with Crippen LogP contribution >= 0.6 is 23.2 Å². The maximum Gasteiger partial charge on any atom is 0.228 e. The Bertz CT molecular complexity index is 831. The van der Waals surface area contributed by atoms with Gasteiger partial charge in [0.25, 0.3) is 0 Å². The van der Waals surface area contributed by atoms with Gasteiger partial charge in [0.15, 0.2) is 0 Å². The second kappa shape index (κ2) is 7.06. The van der Waals surface area contributed by atoms with Crippen molar-refractivity contribution in [1.29, 1.82) is 0 Å². The maximum atomic E-state index is 12.3. The third-order valence-electron chi connectivity index (χ3n) is 4.16. The fourth-order valence-electron chi connectivity index (χ4n) is 2.88. The molecule has 2 aromatic rings. The normalized spacial score (nSPS) is 18.6. The molecule has 2 unspecified atom stereocenters. The number of carbonyl (C=O) groups is 2. The van der Waals surface area contributed by atoms with Crippen LogP contribution in [0.2, 0.25) is 10.0 Å². The standard InChI is InChI=1S/C19H18Cl2N2O2/c1-10-6-11(2)8-12(7-10)22-18(24)13-9-14(13)19(25)23-16-5-3-4-15(20)17(16)21/h3-8,13-14H,9H2,1-2H3,(H,22,24)(H,23,25). The summed E-state index contributed by atoms with van der Waals surface area (Å²) in [5, 5.41) is 6.31. The van der Waals surface area contributed by atoms with Crippen LogP contribution < -0.4 is 10.6 Å². The van der Waals surface area contributed by atoms with Crippen LogP contribution in [0, 0.1) is 25.7 Å². The zero-order valence-corrected chi connectivity index (χ0v) is 15.4. The summed E-state index contributed by atoms with van der Waals surface area (Å²) in [6.07, 6.45) is 0.528. The van der Waals surface area contributed by atoms with Gasteiger partial charge in [-0.15, -0.1) is 0 Å². The lowest BCUT2D eigenvalue weighted by molar-refractivity contribution is -0.122. The van der Waals surface area contributed by atoms with E-state index in [-0.39, 0.29) is 23.7 Å². The zero-order valence-electron chi connectivity index (χ0n) is 13.9. The van der Waals surface area contributed by atoms with Gasteiger partial charge in [-0.2, -0.15) is 0 Å². The number of aryl methyl sites for hydroxylation is 2. The number of hydrogen-bond donors (Lipinski definition) is 2. The summed E-state index contributed by atoms with van der Waals surface area (Å²) in [6, 6.07) is 10.9. The van der Waals surface area contributed by atoms with Crippen molar-refractivity contribution in [1.82, 2.24) is 0 Å². The van der Waals surface area contributed by atoms with Crippen molar-refractivity contribution in [2.75, 3.05) is 10.6 Å². The summed E-state index contributed by atoms with van der Waals surface area (Å²) in [4.78, 5) is 24.7. The average Bonchev–Trinajstić information content (AvgIpc) is 3.31. The average molecular weight is 377 g/mol. The number of hydrogen-bond acceptors (Lipinski definition) is 2. The van der Waals surface area contributed by atoms with E-state index in [1.54, 1.807) is 18.2 Å². The minimum absolute atomic E-state index is 0.137. The lowest BCUT2D eigenvalue weighted by atomic mass is 10.1. The van der Waals surface area contributed by atoms with Gasteiger partial charge in [-0.1, -0.05) is 35.3 Å². The summed E-state index contributed by atoms with van der Waals surface area (Å²) in [6.45, 7) is 3.95. The van der Waals surface area contributed by atoms with E-state index >= 15 is 0 Å². The second-order valence-electron chi connectivity index (χ2n) is 6.40. The fourth-order valence-corrected chi connectivity index (χ4v) is 3.23. The summed E-state index contributed by atoms with van der Waals surface area (Å²) < 4.78 is 0. The summed E-state index contributed by atoms with van der Waals surface area (Å²) in [5.74, 6) is -1.02. The molecule has 0 spiro atoms. The molecule has 1 fully saturated rings. The molecule has 1 aliphatic rings. The van der Waals surface area contributed by atoms with E-state index in [2.05, 4.69) is 10.6 Å². The van der Waals surface area contributed by atoms with E-state index in [1.807, 2.05) is 32.0 Å². The van der Waals surface area contributed by atoms with Crippen LogP contribution in [0.25, 0.3) is 0 Å².